The molecule has 3 N–H and O–H groups in total. The number of carboxylic acid groups (broad SMARTS) is 1. The van der Waals surface area contributed by atoms with Gasteiger partial charge in [-0.2, -0.15) is 0 Å². The number of hydrogen-bond acceptors (Lipinski definition) is 2. The second-order valence-electron chi connectivity index (χ2n) is 7.16. The summed E-state index contributed by atoms with van der Waals surface area (Å²) in [6.45, 7) is 2.25. The van der Waals surface area contributed by atoms with Crippen molar-refractivity contribution in [2.24, 2.45) is 5.73 Å². The molecular weight excluding hydrogens is 286 g/mol. The van der Waals surface area contributed by atoms with Crippen molar-refractivity contribution in [2.75, 3.05) is 0 Å². The molecule has 1 saturated carbocycles. The zero-order chi connectivity index (χ0) is 16.7. The summed E-state index contributed by atoms with van der Waals surface area (Å²) in [5.41, 5.74) is 7.58. The van der Waals surface area contributed by atoms with E-state index >= 15 is 0 Å². The van der Waals surface area contributed by atoms with Crippen LogP contribution in [0.15, 0.2) is 24.3 Å². The Labute approximate surface area is 140 Å². The van der Waals surface area contributed by atoms with E-state index in [2.05, 4.69) is 31.2 Å². The molecule has 2 rings (SSSR count). The summed E-state index contributed by atoms with van der Waals surface area (Å²) in [4.78, 5) is 11.2. The molecule has 0 bridgehead atoms. The molecule has 0 spiro atoms. The molecule has 0 saturated heterocycles. The Balaban J connectivity index is 1.78. The molecule has 1 fully saturated rings. The van der Waals surface area contributed by atoms with E-state index in [1.165, 1.54) is 49.7 Å². The van der Waals surface area contributed by atoms with Gasteiger partial charge in [-0.25, -0.2) is 0 Å². The van der Waals surface area contributed by atoms with E-state index in [0.29, 0.717) is 18.8 Å². The minimum atomic E-state index is -1.03. The molecule has 0 aliphatic heterocycles. The Kier molecular flexibility index (Phi) is 6.64. The van der Waals surface area contributed by atoms with Gasteiger partial charge in [0.25, 0.3) is 0 Å². The van der Waals surface area contributed by atoms with Gasteiger partial charge in [0, 0.05) is 0 Å². The molecule has 0 radical (unpaired) electrons. The van der Waals surface area contributed by atoms with Gasteiger partial charge in [0.05, 0.1) is 0 Å². The van der Waals surface area contributed by atoms with Crippen molar-refractivity contribution in [3.05, 3.63) is 35.4 Å². The van der Waals surface area contributed by atoms with Crippen LogP contribution < -0.4 is 5.73 Å². The second kappa shape index (κ2) is 8.49. The first kappa shape index (κ1) is 18.0. The maximum atomic E-state index is 11.2. The number of aryl methyl sites for hydroxylation is 1. The molecule has 2 atom stereocenters. The standard InChI is InChI=1S/C20H31NO2/c1-2-3-4-5-6-7-8-16-9-11-17(12-10-16)18-13-14-20(21,15-18)19(22)23/h9-12,18H,2-8,13-15,21H2,1H3,(H,22,23). The zero-order valence-electron chi connectivity index (χ0n) is 14.4. The fourth-order valence-corrected chi connectivity index (χ4v) is 3.62. The summed E-state index contributed by atoms with van der Waals surface area (Å²) in [5, 5.41) is 9.23. The lowest BCUT2D eigenvalue weighted by molar-refractivity contribution is -0.143. The quantitative estimate of drug-likeness (QED) is 0.652. The highest BCUT2D eigenvalue weighted by atomic mass is 16.4. The van der Waals surface area contributed by atoms with Crippen molar-refractivity contribution in [3.8, 4) is 0 Å². The number of hydrogen-bond donors (Lipinski definition) is 2. The fourth-order valence-electron chi connectivity index (χ4n) is 3.62. The van der Waals surface area contributed by atoms with Gasteiger partial charge >= 0.3 is 5.97 Å². The Bertz CT molecular complexity index is 497. The van der Waals surface area contributed by atoms with E-state index in [-0.39, 0.29) is 0 Å². The molecule has 0 amide bonds. The zero-order valence-corrected chi connectivity index (χ0v) is 14.4. The number of aliphatic carboxylic acids is 1. The summed E-state index contributed by atoms with van der Waals surface area (Å²) in [5.74, 6) is -0.570. The van der Waals surface area contributed by atoms with Gasteiger partial charge in [0.2, 0.25) is 0 Å². The molecule has 3 nitrogen and oxygen atoms in total. The van der Waals surface area contributed by atoms with E-state index in [1.807, 2.05) is 0 Å². The summed E-state index contributed by atoms with van der Waals surface area (Å²) in [7, 11) is 0. The third-order valence-electron chi connectivity index (χ3n) is 5.25. The number of carbonyl (C=O) groups is 1. The van der Waals surface area contributed by atoms with Gasteiger partial charge in [-0.1, -0.05) is 63.3 Å². The van der Waals surface area contributed by atoms with E-state index in [9.17, 15) is 9.90 Å². The summed E-state index contributed by atoms with van der Waals surface area (Å²) in [6, 6.07) is 8.76. The van der Waals surface area contributed by atoms with Gasteiger partial charge in [-0.15, -0.1) is 0 Å². The van der Waals surface area contributed by atoms with Crippen molar-refractivity contribution >= 4 is 5.97 Å². The van der Waals surface area contributed by atoms with Gasteiger partial charge in [-0.3, -0.25) is 4.79 Å². The highest BCUT2D eigenvalue weighted by molar-refractivity contribution is 5.79. The van der Waals surface area contributed by atoms with Crippen molar-refractivity contribution in [2.45, 2.75) is 82.6 Å². The first-order valence-corrected chi connectivity index (χ1v) is 9.16. The van der Waals surface area contributed by atoms with Crippen LogP contribution in [-0.2, 0) is 11.2 Å². The number of nitrogens with two attached hydrogens (primary N) is 1. The highest BCUT2D eigenvalue weighted by Gasteiger charge is 2.42. The van der Waals surface area contributed by atoms with Crippen LogP contribution in [0.1, 0.15) is 81.8 Å². The molecule has 1 aliphatic carbocycles. The maximum absolute atomic E-state index is 11.2. The molecule has 1 aliphatic rings. The topological polar surface area (TPSA) is 63.3 Å². The van der Waals surface area contributed by atoms with Crippen LogP contribution in [0.2, 0.25) is 0 Å². The third-order valence-corrected chi connectivity index (χ3v) is 5.25. The lowest BCUT2D eigenvalue weighted by Gasteiger charge is -2.18. The summed E-state index contributed by atoms with van der Waals surface area (Å²) >= 11 is 0. The highest BCUT2D eigenvalue weighted by Crippen LogP contribution is 2.39. The molecule has 1 aromatic rings. The Morgan fingerprint density at radius 1 is 1.17 bits per heavy atom. The minimum Gasteiger partial charge on any atom is -0.480 e. The first-order chi connectivity index (χ1) is 11.0. The van der Waals surface area contributed by atoms with Crippen molar-refractivity contribution in [3.63, 3.8) is 0 Å². The van der Waals surface area contributed by atoms with E-state index in [1.54, 1.807) is 0 Å². The Morgan fingerprint density at radius 3 is 2.43 bits per heavy atom. The van der Waals surface area contributed by atoms with E-state index in [4.69, 9.17) is 5.73 Å². The normalized spacial score (nSPS) is 24.0. The summed E-state index contributed by atoms with van der Waals surface area (Å²) in [6.07, 6.45) is 11.1. The Hall–Kier alpha value is -1.35. The fraction of sp³-hybridized carbons (Fsp3) is 0.650. The summed E-state index contributed by atoms with van der Waals surface area (Å²) < 4.78 is 0. The van der Waals surface area contributed by atoms with Gasteiger partial charge in [0.15, 0.2) is 0 Å². The van der Waals surface area contributed by atoms with Crippen LogP contribution in [0, 0.1) is 0 Å². The SMILES string of the molecule is CCCCCCCCc1ccc(C2CCC(N)(C(=O)O)C2)cc1. The predicted molar refractivity (Wildman–Crippen MR) is 94.7 cm³/mol. The third kappa shape index (κ3) is 5.07. The van der Waals surface area contributed by atoms with Crippen molar-refractivity contribution in [1.29, 1.82) is 0 Å². The van der Waals surface area contributed by atoms with Crippen LogP contribution in [0.5, 0.6) is 0 Å². The minimum absolute atomic E-state index is 0.291. The second-order valence-corrected chi connectivity index (χ2v) is 7.16. The maximum Gasteiger partial charge on any atom is 0.323 e. The van der Waals surface area contributed by atoms with Crippen LogP contribution in [-0.4, -0.2) is 16.6 Å². The molecule has 3 heteroatoms. The molecule has 128 valence electrons. The van der Waals surface area contributed by atoms with Crippen LogP contribution in [0.4, 0.5) is 0 Å². The van der Waals surface area contributed by atoms with Crippen LogP contribution in [0.3, 0.4) is 0 Å². The van der Waals surface area contributed by atoms with Gasteiger partial charge in [0.1, 0.15) is 5.54 Å². The monoisotopic (exact) mass is 317 g/mol. The molecular formula is C20H31NO2. The van der Waals surface area contributed by atoms with Crippen LogP contribution in [0.25, 0.3) is 0 Å². The molecule has 0 heterocycles. The van der Waals surface area contributed by atoms with Crippen molar-refractivity contribution in [1.82, 2.24) is 0 Å². The average molecular weight is 317 g/mol. The molecule has 2 unspecified atom stereocenters. The smallest absolute Gasteiger partial charge is 0.323 e. The lowest BCUT2D eigenvalue weighted by atomic mass is 9.92. The van der Waals surface area contributed by atoms with E-state index < -0.39 is 11.5 Å². The van der Waals surface area contributed by atoms with Crippen LogP contribution >= 0.6 is 0 Å². The molecule has 1 aromatic carbocycles. The lowest BCUT2D eigenvalue weighted by Crippen LogP contribution is -2.45. The number of rotatable bonds is 9. The molecule has 23 heavy (non-hydrogen) atoms. The molecule has 0 aromatic heterocycles. The first-order valence-electron chi connectivity index (χ1n) is 9.16. The number of unbranched alkanes of at least 4 members (excludes halogenated alkanes) is 5. The predicted octanol–water partition coefficient (Wildman–Crippen LogP) is 4.64. The van der Waals surface area contributed by atoms with Gasteiger partial charge < -0.3 is 10.8 Å². The van der Waals surface area contributed by atoms with Crippen molar-refractivity contribution < 1.29 is 9.90 Å². The van der Waals surface area contributed by atoms with Gasteiger partial charge in [-0.05, 0) is 49.1 Å². The average Bonchev–Trinajstić information content (AvgIpc) is 2.95. The number of carboxylic acids is 1. The Morgan fingerprint density at radius 2 is 1.83 bits per heavy atom. The van der Waals surface area contributed by atoms with E-state index in [0.717, 1.165) is 12.8 Å². The largest absolute Gasteiger partial charge is 0.480 e. The number of benzene rings is 1.